The van der Waals surface area contributed by atoms with Gasteiger partial charge >= 0.3 is 5.96 Å². The van der Waals surface area contributed by atoms with Gasteiger partial charge in [-0.1, -0.05) is 42.5 Å². The molecule has 1 aliphatic rings. The molecule has 1 fully saturated rings. The van der Waals surface area contributed by atoms with Crippen LogP contribution >= 0.6 is 0 Å². The van der Waals surface area contributed by atoms with Crippen molar-refractivity contribution in [3.63, 3.8) is 0 Å². The smallest absolute Gasteiger partial charge is 0.326 e. The molecule has 0 aromatic heterocycles. The summed E-state index contributed by atoms with van der Waals surface area (Å²) in [5, 5.41) is 2.69. The highest BCUT2D eigenvalue weighted by Crippen LogP contribution is 2.17. The van der Waals surface area contributed by atoms with E-state index < -0.39 is 0 Å². The Bertz CT molecular complexity index is 628. The third-order valence-corrected chi connectivity index (χ3v) is 4.16. The van der Waals surface area contributed by atoms with Crippen LogP contribution in [-0.4, -0.2) is 36.7 Å². The van der Waals surface area contributed by atoms with Crippen molar-refractivity contribution in [1.82, 2.24) is 0 Å². The predicted molar refractivity (Wildman–Crippen MR) is 81.7 cm³/mol. The second-order valence-electron chi connectivity index (χ2n) is 5.48. The summed E-state index contributed by atoms with van der Waals surface area (Å²) in [6, 6.07) is 15.2. The lowest BCUT2D eigenvalue weighted by atomic mass is 10.0. The maximum Gasteiger partial charge on any atom is 0.341 e. The van der Waals surface area contributed by atoms with Gasteiger partial charge in [0.1, 0.15) is 32.7 Å². The van der Waals surface area contributed by atoms with Gasteiger partial charge in [0.15, 0.2) is 0 Å². The number of quaternary nitrogens is 1. The number of benzene rings is 2. The number of hydrogen-bond acceptors (Lipinski definition) is 0. The summed E-state index contributed by atoms with van der Waals surface area (Å²) >= 11 is 0. The second kappa shape index (κ2) is 5.51. The van der Waals surface area contributed by atoms with Crippen molar-refractivity contribution in [2.45, 2.75) is 6.54 Å². The molecule has 0 aliphatic carbocycles. The largest absolute Gasteiger partial charge is 0.341 e. The zero-order valence-electron chi connectivity index (χ0n) is 11.7. The van der Waals surface area contributed by atoms with E-state index in [0.717, 1.165) is 32.7 Å². The van der Waals surface area contributed by atoms with Gasteiger partial charge in [-0.05, 0) is 10.8 Å². The number of guanidine groups is 1. The van der Waals surface area contributed by atoms with Gasteiger partial charge in [-0.25, -0.2) is 0 Å². The average molecular weight is 270 g/mol. The summed E-state index contributed by atoms with van der Waals surface area (Å²) in [6.45, 7) is 5.13. The van der Waals surface area contributed by atoms with Crippen LogP contribution in [0.25, 0.3) is 10.8 Å². The van der Waals surface area contributed by atoms with Gasteiger partial charge in [0.2, 0.25) is 0 Å². The predicted octanol–water partition coefficient (Wildman–Crippen LogP) is -0.476. The van der Waals surface area contributed by atoms with Gasteiger partial charge in [0, 0.05) is 5.56 Å². The Morgan fingerprint density at radius 3 is 2.45 bits per heavy atom. The van der Waals surface area contributed by atoms with Gasteiger partial charge in [0.25, 0.3) is 0 Å². The van der Waals surface area contributed by atoms with Gasteiger partial charge in [-0.3, -0.25) is 16.0 Å². The first-order chi connectivity index (χ1) is 9.74. The minimum atomic E-state index is 0.453. The highest BCUT2D eigenvalue weighted by Gasteiger charge is 2.20. The van der Waals surface area contributed by atoms with Crippen LogP contribution in [0.4, 0.5) is 0 Å². The molecule has 4 nitrogen and oxygen atoms in total. The summed E-state index contributed by atoms with van der Waals surface area (Å²) in [5.41, 5.74) is 12.7. The lowest BCUT2D eigenvalue weighted by Crippen LogP contribution is -3.13. The van der Waals surface area contributed by atoms with Crippen LogP contribution < -0.4 is 16.4 Å². The molecule has 0 radical (unpaired) electrons. The molecule has 20 heavy (non-hydrogen) atoms. The van der Waals surface area contributed by atoms with Crippen LogP contribution in [0.15, 0.2) is 42.5 Å². The minimum Gasteiger partial charge on any atom is -0.326 e. The molecule has 0 atom stereocenters. The fourth-order valence-electron chi connectivity index (χ4n) is 2.97. The normalized spacial score (nSPS) is 19.2. The minimum absolute atomic E-state index is 0.453. The lowest BCUT2D eigenvalue weighted by Gasteiger charge is -2.25. The second-order valence-corrected chi connectivity index (χ2v) is 5.48. The third kappa shape index (κ3) is 2.60. The Morgan fingerprint density at radius 1 is 1.00 bits per heavy atom. The highest BCUT2D eigenvalue weighted by molar-refractivity contribution is 5.85. The Hall–Kier alpha value is -2.07. The summed E-state index contributed by atoms with van der Waals surface area (Å²) in [6.07, 6.45) is 0. The Labute approximate surface area is 119 Å². The van der Waals surface area contributed by atoms with Crippen LogP contribution in [0, 0.1) is 0 Å². The van der Waals surface area contributed by atoms with Crippen LogP contribution in [0.1, 0.15) is 5.56 Å². The molecule has 4 heteroatoms. The van der Waals surface area contributed by atoms with E-state index in [2.05, 4.69) is 47.0 Å². The van der Waals surface area contributed by atoms with Crippen molar-refractivity contribution in [3.05, 3.63) is 48.0 Å². The van der Waals surface area contributed by atoms with Crippen LogP contribution in [-0.2, 0) is 6.54 Å². The number of nitrogens with one attached hydrogen (secondary N) is 1. The van der Waals surface area contributed by atoms with Crippen LogP contribution in [0.5, 0.6) is 0 Å². The molecule has 1 saturated heterocycles. The number of piperazine rings is 1. The molecule has 0 saturated carbocycles. The first kappa shape index (κ1) is 12.9. The van der Waals surface area contributed by atoms with Crippen molar-refractivity contribution < 1.29 is 9.48 Å². The summed E-state index contributed by atoms with van der Waals surface area (Å²) < 4.78 is 2.06. The van der Waals surface area contributed by atoms with E-state index in [1.807, 2.05) is 0 Å². The molecule has 1 aliphatic heterocycles. The molecule has 2 aromatic carbocycles. The SMILES string of the molecule is NC(N)=[N+]1CC[NH+](Cc2cccc3ccccc23)CC1. The zero-order chi connectivity index (χ0) is 13.9. The molecule has 2 aromatic rings. The van der Waals surface area contributed by atoms with Crippen LogP contribution in [0.3, 0.4) is 0 Å². The van der Waals surface area contributed by atoms with Crippen LogP contribution in [0.2, 0.25) is 0 Å². The first-order valence-corrected chi connectivity index (χ1v) is 7.17. The van der Waals surface area contributed by atoms with Gasteiger partial charge in [-0.2, -0.15) is 0 Å². The maximum absolute atomic E-state index is 5.65. The Kier molecular flexibility index (Phi) is 3.56. The van der Waals surface area contributed by atoms with E-state index in [9.17, 15) is 0 Å². The molecular formula is C16H22N4+2. The molecule has 104 valence electrons. The molecule has 1 heterocycles. The molecule has 0 unspecified atom stereocenters. The Balaban J connectivity index is 1.76. The molecule has 5 N–H and O–H groups in total. The number of nitrogens with two attached hydrogens (primary N) is 2. The zero-order valence-corrected chi connectivity index (χ0v) is 11.7. The van der Waals surface area contributed by atoms with E-state index in [1.54, 1.807) is 4.90 Å². The molecule has 0 bridgehead atoms. The fraction of sp³-hybridized carbons (Fsp3) is 0.312. The third-order valence-electron chi connectivity index (χ3n) is 4.16. The molecular weight excluding hydrogens is 248 g/mol. The van der Waals surface area contributed by atoms with E-state index in [0.29, 0.717) is 5.96 Å². The van der Waals surface area contributed by atoms with E-state index in [-0.39, 0.29) is 0 Å². The quantitative estimate of drug-likeness (QED) is 0.510. The summed E-state index contributed by atoms with van der Waals surface area (Å²) in [7, 11) is 0. The molecule has 0 amide bonds. The summed E-state index contributed by atoms with van der Waals surface area (Å²) in [4.78, 5) is 1.60. The lowest BCUT2D eigenvalue weighted by molar-refractivity contribution is -0.944. The average Bonchev–Trinajstić information content (AvgIpc) is 2.48. The van der Waals surface area contributed by atoms with E-state index >= 15 is 0 Å². The molecule has 0 spiro atoms. The van der Waals surface area contributed by atoms with E-state index in [4.69, 9.17) is 11.5 Å². The monoisotopic (exact) mass is 270 g/mol. The summed E-state index contributed by atoms with van der Waals surface area (Å²) in [5.74, 6) is 0.453. The van der Waals surface area contributed by atoms with Crippen molar-refractivity contribution in [3.8, 4) is 0 Å². The number of fused-ring (bicyclic) bond motifs is 1. The fourth-order valence-corrected chi connectivity index (χ4v) is 2.97. The Morgan fingerprint density at radius 2 is 1.70 bits per heavy atom. The number of hydrogen-bond donors (Lipinski definition) is 3. The van der Waals surface area contributed by atoms with Crippen molar-refractivity contribution in [2.24, 2.45) is 11.5 Å². The molecule has 3 rings (SSSR count). The van der Waals surface area contributed by atoms with Gasteiger partial charge < -0.3 is 4.90 Å². The maximum atomic E-state index is 5.65. The number of nitrogens with zero attached hydrogens (tertiary/aromatic N) is 1. The van der Waals surface area contributed by atoms with Crippen molar-refractivity contribution in [1.29, 1.82) is 0 Å². The van der Waals surface area contributed by atoms with Crippen molar-refractivity contribution in [2.75, 3.05) is 26.2 Å². The number of rotatable bonds is 2. The van der Waals surface area contributed by atoms with Gasteiger partial charge in [-0.15, -0.1) is 0 Å². The highest BCUT2D eigenvalue weighted by atomic mass is 15.2. The van der Waals surface area contributed by atoms with Crippen molar-refractivity contribution >= 4 is 16.7 Å². The standard InChI is InChI=1S/C16H20N4/c17-16(18)20-10-8-19(9-11-20)12-14-6-3-5-13-4-1-2-7-15(13)14/h1-7H,8-12H2,(H3,17,18)/p+2. The topological polar surface area (TPSA) is 59.5 Å². The first-order valence-electron chi connectivity index (χ1n) is 7.17. The van der Waals surface area contributed by atoms with E-state index in [1.165, 1.54) is 16.3 Å². The van der Waals surface area contributed by atoms with Gasteiger partial charge in [0.05, 0.1) is 0 Å².